The van der Waals surface area contributed by atoms with Crippen molar-refractivity contribution in [2.45, 2.75) is 50.3 Å². The minimum absolute atomic E-state index is 0.217. The van der Waals surface area contributed by atoms with E-state index in [4.69, 9.17) is 23.2 Å². The summed E-state index contributed by atoms with van der Waals surface area (Å²) >= 11 is 14.1. The molecule has 1 aliphatic carbocycles. The lowest BCUT2D eigenvalue weighted by Crippen LogP contribution is -2.49. The molecule has 1 N–H and O–H groups in total. The van der Waals surface area contributed by atoms with E-state index in [9.17, 15) is 13.2 Å². The SMILES string of the molecule is CC[C@H](C(=O)NCCSC1CCCC1)N(c1cc(Cl)ccc1Cl)S(C)(=O)=O. The molecule has 1 aliphatic rings. The number of halogens is 2. The van der Waals surface area contributed by atoms with E-state index in [1.807, 2.05) is 11.8 Å². The van der Waals surface area contributed by atoms with E-state index < -0.39 is 16.1 Å². The van der Waals surface area contributed by atoms with Gasteiger partial charge >= 0.3 is 0 Å². The van der Waals surface area contributed by atoms with Gasteiger partial charge in [-0.1, -0.05) is 43.0 Å². The van der Waals surface area contributed by atoms with E-state index in [0.29, 0.717) is 23.2 Å². The predicted octanol–water partition coefficient (Wildman–Crippen LogP) is 4.33. The largest absolute Gasteiger partial charge is 0.353 e. The van der Waals surface area contributed by atoms with Crippen LogP contribution in [0.2, 0.25) is 10.0 Å². The summed E-state index contributed by atoms with van der Waals surface area (Å²) in [5.41, 5.74) is 0.217. The maximum atomic E-state index is 12.7. The normalized spacial score (nSPS) is 16.3. The van der Waals surface area contributed by atoms with Gasteiger partial charge in [0, 0.05) is 22.6 Å². The first kappa shape index (κ1) is 22.7. The molecule has 1 fully saturated rings. The van der Waals surface area contributed by atoms with Crippen LogP contribution in [0.1, 0.15) is 39.0 Å². The molecule has 5 nitrogen and oxygen atoms in total. The van der Waals surface area contributed by atoms with Crippen molar-refractivity contribution < 1.29 is 13.2 Å². The number of nitrogens with one attached hydrogen (secondary N) is 1. The molecule has 0 heterocycles. The maximum Gasteiger partial charge on any atom is 0.243 e. The number of carbonyl (C=O) groups excluding carboxylic acids is 1. The van der Waals surface area contributed by atoms with Gasteiger partial charge in [-0.3, -0.25) is 9.10 Å². The zero-order valence-corrected chi connectivity index (χ0v) is 18.7. The third-order valence-electron chi connectivity index (χ3n) is 4.53. The van der Waals surface area contributed by atoms with Crippen LogP contribution in [0.3, 0.4) is 0 Å². The highest BCUT2D eigenvalue weighted by molar-refractivity contribution is 7.99. The molecule has 1 amide bonds. The van der Waals surface area contributed by atoms with Crippen LogP contribution in [-0.4, -0.2) is 44.2 Å². The van der Waals surface area contributed by atoms with E-state index in [-0.39, 0.29) is 16.6 Å². The minimum Gasteiger partial charge on any atom is -0.353 e. The minimum atomic E-state index is -3.73. The number of sulfonamides is 1. The Morgan fingerprint density at radius 3 is 2.59 bits per heavy atom. The van der Waals surface area contributed by atoms with Crippen LogP contribution in [0.15, 0.2) is 18.2 Å². The van der Waals surface area contributed by atoms with Crippen molar-refractivity contribution >= 4 is 56.6 Å². The number of amides is 1. The molecule has 1 aromatic rings. The Morgan fingerprint density at radius 1 is 1.33 bits per heavy atom. The number of hydrogen-bond acceptors (Lipinski definition) is 4. The van der Waals surface area contributed by atoms with Crippen LogP contribution in [0.25, 0.3) is 0 Å². The maximum absolute atomic E-state index is 12.7. The zero-order chi connectivity index (χ0) is 20.0. The summed E-state index contributed by atoms with van der Waals surface area (Å²) in [7, 11) is -3.73. The second kappa shape index (κ2) is 10.2. The second-order valence-electron chi connectivity index (χ2n) is 6.65. The molecule has 0 spiro atoms. The molecule has 9 heteroatoms. The Kier molecular flexibility index (Phi) is 8.59. The summed E-state index contributed by atoms with van der Waals surface area (Å²) in [6, 6.07) is 3.69. The van der Waals surface area contributed by atoms with Gasteiger partial charge in [-0.2, -0.15) is 11.8 Å². The average Bonchev–Trinajstić information content (AvgIpc) is 3.11. The molecule has 1 saturated carbocycles. The quantitative estimate of drug-likeness (QED) is 0.566. The Bertz CT molecular complexity index is 753. The van der Waals surface area contributed by atoms with E-state index in [0.717, 1.165) is 16.3 Å². The number of benzene rings is 1. The molecule has 152 valence electrons. The van der Waals surface area contributed by atoms with Gasteiger partial charge in [-0.15, -0.1) is 0 Å². The average molecular weight is 453 g/mol. The van der Waals surface area contributed by atoms with Crippen LogP contribution in [0.5, 0.6) is 0 Å². The standard InChI is InChI=1S/C18H26Cl2N2O3S2/c1-3-16(18(23)21-10-11-26-14-6-4-5-7-14)22(27(2,24)25)17-12-13(19)8-9-15(17)20/h8-9,12,14,16H,3-7,10-11H2,1-2H3,(H,21,23)/t16-/m1/s1. The van der Waals surface area contributed by atoms with Gasteiger partial charge in [0.2, 0.25) is 15.9 Å². The lowest BCUT2D eigenvalue weighted by Gasteiger charge is -2.30. The number of hydrogen-bond donors (Lipinski definition) is 1. The first-order valence-corrected chi connectivity index (χ1v) is 12.7. The molecule has 1 aromatic carbocycles. The Morgan fingerprint density at radius 2 is 2.00 bits per heavy atom. The molecule has 0 saturated heterocycles. The molecule has 1 atom stereocenters. The van der Waals surface area contributed by atoms with Crippen molar-refractivity contribution in [2.75, 3.05) is 22.9 Å². The van der Waals surface area contributed by atoms with Crippen molar-refractivity contribution in [1.82, 2.24) is 5.32 Å². The highest BCUT2D eigenvalue weighted by Gasteiger charge is 2.32. The predicted molar refractivity (Wildman–Crippen MR) is 116 cm³/mol. The molecule has 0 unspecified atom stereocenters. The fraction of sp³-hybridized carbons (Fsp3) is 0.611. The van der Waals surface area contributed by atoms with Crippen LogP contribution in [-0.2, 0) is 14.8 Å². The molecule has 2 rings (SSSR count). The van der Waals surface area contributed by atoms with Crippen LogP contribution < -0.4 is 9.62 Å². The summed E-state index contributed by atoms with van der Waals surface area (Å²) < 4.78 is 26.0. The Labute approximate surface area is 176 Å². The topological polar surface area (TPSA) is 66.5 Å². The van der Waals surface area contributed by atoms with Gasteiger partial charge in [0.05, 0.1) is 17.0 Å². The fourth-order valence-corrected chi connectivity index (χ4v) is 6.12. The first-order chi connectivity index (χ1) is 12.7. The third-order valence-corrected chi connectivity index (χ3v) is 7.64. The van der Waals surface area contributed by atoms with Crippen LogP contribution in [0.4, 0.5) is 5.69 Å². The third kappa shape index (κ3) is 6.44. The molecule has 0 aromatic heterocycles. The number of thioether (sulfide) groups is 1. The van der Waals surface area contributed by atoms with Crippen LogP contribution in [0, 0.1) is 0 Å². The summed E-state index contributed by atoms with van der Waals surface area (Å²) in [5.74, 6) is 0.495. The van der Waals surface area contributed by atoms with E-state index in [2.05, 4.69) is 5.32 Å². The molecular weight excluding hydrogens is 427 g/mol. The summed E-state index contributed by atoms with van der Waals surface area (Å²) in [6.07, 6.45) is 6.43. The highest BCUT2D eigenvalue weighted by atomic mass is 35.5. The van der Waals surface area contributed by atoms with Gasteiger partial charge in [0.25, 0.3) is 0 Å². The van der Waals surface area contributed by atoms with Gasteiger partial charge in [0.15, 0.2) is 0 Å². The monoisotopic (exact) mass is 452 g/mol. The zero-order valence-electron chi connectivity index (χ0n) is 15.6. The first-order valence-electron chi connectivity index (χ1n) is 9.07. The summed E-state index contributed by atoms with van der Waals surface area (Å²) in [6.45, 7) is 2.28. The number of rotatable bonds is 9. The second-order valence-corrected chi connectivity index (χ2v) is 10.8. The summed E-state index contributed by atoms with van der Waals surface area (Å²) in [5, 5.41) is 4.14. The van der Waals surface area contributed by atoms with Gasteiger partial charge < -0.3 is 5.32 Å². The van der Waals surface area contributed by atoms with Crippen molar-refractivity contribution in [2.24, 2.45) is 0 Å². The van der Waals surface area contributed by atoms with E-state index in [1.54, 1.807) is 13.0 Å². The van der Waals surface area contributed by atoms with Crippen LogP contribution >= 0.6 is 35.0 Å². The van der Waals surface area contributed by atoms with E-state index in [1.165, 1.54) is 37.8 Å². The van der Waals surface area contributed by atoms with Gasteiger partial charge in [-0.05, 0) is 37.5 Å². The van der Waals surface area contributed by atoms with Crippen molar-refractivity contribution in [3.05, 3.63) is 28.2 Å². The number of nitrogens with zero attached hydrogens (tertiary/aromatic N) is 1. The lowest BCUT2D eigenvalue weighted by atomic mass is 10.2. The Hall–Kier alpha value is -0.630. The highest BCUT2D eigenvalue weighted by Crippen LogP contribution is 2.33. The fourth-order valence-electron chi connectivity index (χ4n) is 3.26. The molecule has 27 heavy (non-hydrogen) atoms. The Balaban J connectivity index is 2.09. The number of carbonyl (C=O) groups is 1. The molecule has 0 aliphatic heterocycles. The lowest BCUT2D eigenvalue weighted by molar-refractivity contribution is -0.122. The smallest absolute Gasteiger partial charge is 0.243 e. The van der Waals surface area contributed by atoms with E-state index >= 15 is 0 Å². The number of anilines is 1. The molecule has 0 radical (unpaired) electrons. The molecule has 0 bridgehead atoms. The van der Waals surface area contributed by atoms with Crippen molar-refractivity contribution in [3.63, 3.8) is 0 Å². The summed E-state index contributed by atoms with van der Waals surface area (Å²) in [4.78, 5) is 12.7. The van der Waals surface area contributed by atoms with Gasteiger partial charge in [-0.25, -0.2) is 8.42 Å². The van der Waals surface area contributed by atoms with Crippen molar-refractivity contribution in [1.29, 1.82) is 0 Å². The van der Waals surface area contributed by atoms with Crippen molar-refractivity contribution in [3.8, 4) is 0 Å². The molecular formula is C18H26Cl2N2O3S2. The van der Waals surface area contributed by atoms with Gasteiger partial charge in [0.1, 0.15) is 6.04 Å².